The molecule has 0 spiro atoms. The van der Waals surface area contributed by atoms with Gasteiger partial charge in [-0.25, -0.2) is 0 Å². The number of hydrogen-bond acceptors (Lipinski definition) is 3. The quantitative estimate of drug-likeness (QED) is 0.165. The first-order valence-electron chi connectivity index (χ1n) is 10.5. The van der Waals surface area contributed by atoms with E-state index >= 15 is 0 Å². The molecular weight excluding hydrogens is 376 g/mol. The Balaban J connectivity index is 4.17. The Bertz CT molecular complexity index is 598. The summed E-state index contributed by atoms with van der Waals surface area (Å²) in [6.45, 7) is 19.6. The molecule has 0 aromatic heterocycles. The van der Waals surface area contributed by atoms with Gasteiger partial charge >= 0.3 is 0 Å². The summed E-state index contributed by atoms with van der Waals surface area (Å²) in [5.74, 6) is 1.97. The van der Waals surface area contributed by atoms with Gasteiger partial charge in [0.1, 0.15) is 0 Å². The number of thioether (sulfide) groups is 1. The largest absolute Gasteiger partial charge is 0.381 e. The molecule has 0 aliphatic rings. The van der Waals surface area contributed by atoms with E-state index in [0.29, 0.717) is 6.54 Å². The van der Waals surface area contributed by atoms with Crippen molar-refractivity contribution in [3.05, 3.63) is 59.4 Å². The molecule has 0 rings (SSSR count). The summed E-state index contributed by atoms with van der Waals surface area (Å²) in [7, 11) is 0. The van der Waals surface area contributed by atoms with Crippen LogP contribution in [0.2, 0.25) is 0 Å². The number of hydrogen-bond donors (Lipinski definition) is 2. The second-order valence-electron chi connectivity index (χ2n) is 7.97. The standard InChI is InChI=1S/C25H42N2OS/c1-20(2)10-8-11-22(5)12-9-13-23(6)15-17-29-18-25(21(3)4)27-24(7)14-16-26-19-28/h10,12,15,19,25,27H,3,7-9,11,13-14,16-18H2,1-2,4-6H3,(H,26,28)/b22-12+,23-15+. The molecule has 164 valence electrons. The molecule has 0 aromatic carbocycles. The van der Waals surface area contributed by atoms with Gasteiger partial charge in [-0.05, 0) is 60.3 Å². The summed E-state index contributed by atoms with van der Waals surface area (Å²) in [4.78, 5) is 10.3. The highest BCUT2D eigenvalue weighted by atomic mass is 32.2. The highest BCUT2D eigenvalue weighted by Crippen LogP contribution is 2.14. The van der Waals surface area contributed by atoms with Crippen LogP contribution >= 0.6 is 11.8 Å². The van der Waals surface area contributed by atoms with Crippen molar-refractivity contribution >= 4 is 18.2 Å². The third kappa shape index (κ3) is 16.9. The zero-order chi connectivity index (χ0) is 22.1. The average molecular weight is 419 g/mol. The summed E-state index contributed by atoms with van der Waals surface area (Å²) in [6, 6.07) is 0.212. The van der Waals surface area contributed by atoms with Crippen molar-refractivity contribution in [3.8, 4) is 0 Å². The Morgan fingerprint density at radius 3 is 2.14 bits per heavy atom. The summed E-state index contributed by atoms with van der Waals surface area (Å²) in [6.07, 6.45) is 13.0. The van der Waals surface area contributed by atoms with Crippen LogP contribution in [0.3, 0.4) is 0 Å². The molecule has 4 heteroatoms. The fourth-order valence-electron chi connectivity index (χ4n) is 2.63. The van der Waals surface area contributed by atoms with E-state index in [1.54, 1.807) is 0 Å². The van der Waals surface area contributed by atoms with Crippen molar-refractivity contribution in [1.29, 1.82) is 0 Å². The number of carbonyl (C=O) groups excluding carboxylic acids is 1. The molecule has 0 heterocycles. The van der Waals surface area contributed by atoms with Crippen LogP contribution in [0.25, 0.3) is 0 Å². The van der Waals surface area contributed by atoms with Crippen molar-refractivity contribution in [1.82, 2.24) is 10.6 Å². The first kappa shape index (κ1) is 27.3. The van der Waals surface area contributed by atoms with Gasteiger partial charge in [0.05, 0.1) is 6.04 Å². The fourth-order valence-corrected chi connectivity index (χ4v) is 3.78. The highest BCUT2D eigenvalue weighted by molar-refractivity contribution is 7.99. The van der Waals surface area contributed by atoms with Crippen LogP contribution in [0.1, 0.15) is 66.7 Å². The molecule has 29 heavy (non-hydrogen) atoms. The van der Waals surface area contributed by atoms with E-state index < -0.39 is 0 Å². The maximum absolute atomic E-state index is 10.3. The lowest BCUT2D eigenvalue weighted by atomic mass is 10.1. The van der Waals surface area contributed by atoms with E-state index in [1.165, 1.54) is 16.7 Å². The van der Waals surface area contributed by atoms with E-state index in [-0.39, 0.29) is 6.04 Å². The van der Waals surface area contributed by atoms with E-state index in [4.69, 9.17) is 0 Å². The smallest absolute Gasteiger partial charge is 0.207 e. The lowest BCUT2D eigenvalue weighted by molar-refractivity contribution is -0.109. The maximum Gasteiger partial charge on any atom is 0.207 e. The predicted octanol–water partition coefficient (Wildman–Crippen LogP) is 6.32. The van der Waals surface area contributed by atoms with Crippen molar-refractivity contribution in [2.75, 3.05) is 18.1 Å². The molecule has 0 fully saturated rings. The summed E-state index contributed by atoms with van der Waals surface area (Å²) in [5.41, 5.74) is 6.39. The van der Waals surface area contributed by atoms with Gasteiger partial charge in [-0.15, -0.1) is 0 Å². The topological polar surface area (TPSA) is 41.1 Å². The van der Waals surface area contributed by atoms with Crippen LogP contribution in [0.15, 0.2) is 59.4 Å². The Morgan fingerprint density at radius 1 is 0.931 bits per heavy atom. The van der Waals surface area contributed by atoms with Crippen LogP contribution < -0.4 is 10.6 Å². The molecule has 0 aliphatic heterocycles. The number of allylic oxidation sites excluding steroid dienone is 5. The van der Waals surface area contributed by atoms with Gasteiger partial charge in [-0.2, -0.15) is 11.8 Å². The normalized spacial score (nSPS) is 12.9. The van der Waals surface area contributed by atoms with Crippen molar-refractivity contribution in [2.24, 2.45) is 0 Å². The highest BCUT2D eigenvalue weighted by Gasteiger charge is 2.09. The van der Waals surface area contributed by atoms with Gasteiger partial charge < -0.3 is 10.6 Å². The molecule has 1 atom stereocenters. The molecule has 1 unspecified atom stereocenters. The third-order valence-corrected chi connectivity index (χ3v) is 5.56. The molecule has 0 saturated heterocycles. The van der Waals surface area contributed by atoms with Gasteiger partial charge in [0.25, 0.3) is 0 Å². The minimum atomic E-state index is 0.212. The monoisotopic (exact) mass is 418 g/mol. The van der Waals surface area contributed by atoms with Gasteiger partial charge in [-0.1, -0.05) is 53.7 Å². The summed E-state index contributed by atoms with van der Waals surface area (Å²) >= 11 is 1.91. The van der Waals surface area contributed by atoms with Crippen LogP contribution in [0, 0.1) is 0 Å². The number of nitrogens with one attached hydrogen (secondary N) is 2. The number of amides is 1. The molecular formula is C25H42N2OS. The Labute approximate surface area is 183 Å². The number of rotatable bonds is 17. The summed E-state index contributed by atoms with van der Waals surface area (Å²) < 4.78 is 0. The second-order valence-corrected chi connectivity index (χ2v) is 9.04. The predicted molar refractivity (Wildman–Crippen MR) is 132 cm³/mol. The maximum atomic E-state index is 10.3. The van der Waals surface area contributed by atoms with E-state index in [9.17, 15) is 4.79 Å². The zero-order valence-corrected chi connectivity index (χ0v) is 20.1. The van der Waals surface area contributed by atoms with E-state index in [2.05, 4.69) is 69.7 Å². The first-order valence-corrected chi connectivity index (χ1v) is 11.7. The molecule has 0 bridgehead atoms. The summed E-state index contributed by atoms with van der Waals surface area (Å²) in [5, 5.41) is 6.09. The van der Waals surface area contributed by atoms with Crippen molar-refractivity contribution in [3.63, 3.8) is 0 Å². The Morgan fingerprint density at radius 2 is 1.55 bits per heavy atom. The van der Waals surface area contributed by atoms with Gasteiger partial charge in [0.2, 0.25) is 6.41 Å². The lowest BCUT2D eigenvalue weighted by Gasteiger charge is -2.21. The molecule has 0 aliphatic carbocycles. The molecule has 0 saturated carbocycles. The van der Waals surface area contributed by atoms with Crippen molar-refractivity contribution in [2.45, 2.75) is 72.8 Å². The second kappa shape index (κ2) is 17.2. The van der Waals surface area contributed by atoms with Crippen LogP contribution in [0.5, 0.6) is 0 Å². The number of carbonyl (C=O) groups is 1. The molecule has 1 amide bonds. The zero-order valence-electron chi connectivity index (χ0n) is 19.3. The van der Waals surface area contributed by atoms with Crippen LogP contribution in [0.4, 0.5) is 0 Å². The minimum Gasteiger partial charge on any atom is -0.381 e. The van der Waals surface area contributed by atoms with E-state index in [1.807, 2.05) is 18.7 Å². The van der Waals surface area contributed by atoms with Gasteiger partial charge in [0.15, 0.2) is 0 Å². The van der Waals surface area contributed by atoms with Gasteiger partial charge in [0, 0.05) is 30.2 Å². The molecule has 2 N–H and O–H groups in total. The Kier molecular flexibility index (Phi) is 16.2. The molecule has 0 radical (unpaired) electrons. The fraction of sp³-hybridized carbons (Fsp3) is 0.560. The van der Waals surface area contributed by atoms with Gasteiger partial charge in [-0.3, -0.25) is 4.79 Å². The molecule has 3 nitrogen and oxygen atoms in total. The van der Waals surface area contributed by atoms with E-state index in [0.717, 1.165) is 61.3 Å². The first-order chi connectivity index (χ1) is 13.8. The minimum absolute atomic E-state index is 0.212. The third-order valence-electron chi connectivity index (χ3n) is 4.58. The van der Waals surface area contributed by atoms with Crippen molar-refractivity contribution < 1.29 is 4.79 Å². The SMILES string of the molecule is C=C(CCNC=O)NC(CSC/C=C(\C)CC/C=C(\C)CCC=C(C)C)C(=C)C. The lowest BCUT2D eigenvalue weighted by Crippen LogP contribution is -2.32. The van der Waals surface area contributed by atoms with Crippen LogP contribution in [-0.4, -0.2) is 30.5 Å². The Hall–Kier alpha value is -1.68. The van der Waals surface area contributed by atoms with Crippen LogP contribution in [-0.2, 0) is 4.79 Å². The molecule has 0 aromatic rings. The average Bonchev–Trinajstić information content (AvgIpc) is 2.64.